The predicted molar refractivity (Wildman–Crippen MR) is 60.6 cm³/mol. The van der Waals surface area contributed by atoms with Crippen LogP contribution in [0, 0.1) is 13.8 Å². The third kappa shape index (κ3) is 2.49. The number of hydrogen-bond acceptors (Lipinski definition) is 3. The minimum atomic E-state index is -0.382. The standard InChI is InChI=1S/C11H16N2O3/c1-7-6-8(2)12-10(15)9(7)11(16)13(3)4-5-14/h6,14H,4-5H2,1-3H3,(H,12,15). The minimum Gasteiger partial charge on any atom is -0.395 e. The van der Waals surface area contributed by atoms with Crippen LogP contribution in [0.4, 0.5) is 0 Å². The number of H-pyrrole nitrogens is 1. The highest BCUT2D eigenvalue weighted by Gasteiger charge is 2.17. The lowest BCUT2D eigenvalue weighted by Crippen LogP contribution is -2.34. The first kappa shape index (κ1) is 12.4. The highest BCUT2D eigenvalue weighted by atomic mass is 16.3. The zero-order valence-corrected chi connectivity index (χ0v) is 9.70. The van der Waals surface area contributed by atoms with E-state index in [4.69, 9.17) is 5.11 Å². The van der Waals surface area contributed by atoms with Gasteiger partial charge in [-0.05, 0) is 25.5 Å². The average Bonchev–Trinajstić information content (AvgIpc) is 2.16. The lowest BCUT2D eigenvalue weighted by molar-refractivity contribution is 0.0764. The number of rotatable bonds is 3. The van der Waals surface area contributed by atoms with E-state index in [9.17, 15) is 9.59 Å². The van der Waals surface area contributed by atoms with Crippen molar-refractivity contribution >= 4 is 5.91 Å². The van der Waals surface area contributed by atoms with Crippen LogP contribution in [-0.2, 0) is 0 Å². The first-order chi connectivity index (χ1) is 7.47. The second-order valence-corrected chi connectivity index (χ2v) is 3.79. The van der Waals surface area contributed by atoms with E-state index < -0.39 is 0 Å². The van der Waals surface area contributed by atoms with Crippen molar-refractivity contribution in [1.82, 2.24) is 9.88 Å². The number of nitrogens with one attached hydrogen (secondary N) is 1. The Kier molecular flexibility index (Phi) is 3.84. The number of aromatic amines is 1. The smallest absolute Gasteiger partial charge is 0.261 e. The fourth-order valence-electron chi connectivity index (χ4n) is 1.56. The van der Waals surface area contributed by atoms with Crippen molar-refractivity contribution in [2.24, 2.45) is 0 Å². The second-order valence-electron chi connectivity index (χ2n) is 3.79. The molecule has 0 spiro atoms. The van der Waals surface area contributed by atoms with Gasteiger partial charge in [-0.25, -0.2) is 0 Å². The molecule has 1 aromatic rings. The van der Waals surface area contributed by atoms with E-state index in [-0.39, 0.29) is 30.2 Å². The van der Waals surface area contributed by atoms with Gasteiger partial charge >= 0.3 is 0 Å². The summed E-state index contributed by atoms with van der Waals surface area (Å²) >= 11 is 0. The summed E-state index contributed by atoms with van der Waals surface area (Å²) < 4.78 is 0. The Morgan fingerprint density at radius 1 is 1.50 bits per heavy atom. The molecular formula is C11H16N2O3. The first-order valence-corrected chi connectivity index (χ1v) is 5.04. The molecule has 0 aliphatic heterocycles. The van der Waals surface area contributed by atoms with E-state index in [1.54, 1.807) is 27.0 Å². The van der Waals surface area contributed by atoms with Crippen molar-refractivity contribution in [2.75, 3.05) is 20.2 Å². The van der Waals surface area contributed by atoms with Crippen LogP contribution in [0.1, 0.15) is 21.6 Å². The van der Waals surface area contributed by atoms with Crippen molar-refractivity contribution in [3.63, 3.8) is 0 Å². The van der Waals surface area contributed by atoms with Crippen molar-refractivity contribution in [3.05, 3.63) is 33.2 Å². The lowest BCUT2D eigenvalue weighted by atomic mass is 10.1. The summed E-state index contributed by atoms with van der Waals surface area (Å²) in [6.07, 6.45) is 0. The normalized spacial score (nSPS) is 10.2. The molecule has 88 valence electrons. The molecule has 5 nitrogen and oxygen atoms in total. The molecule has 0 atom stereocenters. The molecule has 0 saturated heterocycles. The van der Waals surface area contributed by atoms with Gasteiger partial charge in [-0.2, -0.15) is 0 Å². The van der Waals surface area contributed by atoms with Crippen molar-refractivity contribution in [1.29, 1.82) is 0 Å². The largest absolute Gasteiger partial charge is 0.395 e. The Balaban J connectivity index is 3.14. The molecule has 16 heavy (non-hydrogen) atoms. The Hall–Kier alpha value is -1.62. The number of aryl methyl sites for hydroxylation is 2. The molecular weight excluding hydrogens is 208 g/mol. The van der Waals surface area contributed by atoms with Crippen LogP contribution in [0.15, 0.2) is 10.9 Å². The summed E-state index contributed by atoms with van der Waals surface area (Å²) in [7, 11) is 1.55. The Morgan fingerprint density at radius 2 is 2.12 bits per heavy atom. The lowest BCUT2D eigenvalue weighted by Gasteiger charge is -2.16. The van der Waals surface area contributed by atoms with Gasteiger partial charge < -0.3 is 15.0 Å². The Morgan fingerprint density at radius 3 is 2.62 bits per heavy atom. The number of carbonyl (C=O) groups is 1. The topological polar surface area (TPSA) is 73.4 Å². The monoisotopic (exact) mass is 224 g/mol. The quantitative estimate of drug-likeness (QED) is 0.762. The van der Waals surface area contributed by atoms with Crippen molar-refractivity contribution < 1.29 is 9.90 Å². The molecule has 0 aliphatic rings. The highest BCUT2D eigenvalue weighted by molar-refractivity contribution is 5.95. The summed E-state index contributed by atoms with van der Waals surface area (Å²) in [6.45, 7) is 3.58. The zero-order chi connectivity index (χ0) is 12.3. The summed E-state index contributed by atoms with van der Waals surface area (Å²) in [4.78, 5) is 27.4. The molecule has 1 amide bonds. The molecule has 0 aliphatic carbocycles. The van der Waals surface area contributed by atoms with Crippen LogP contribution in [0.5, 0.6) is 0 Å². The van der Waals surface area contributed by atoms with Crippen LogP contribution >= 0.6 is 0 Å². The third-order valence-corrected chi connectivity index (χ3v) is 2.36. The van der Waals surface area contributed by atoms with Gasteiger partial charge in [0.1, 0.15) is 5.56 Å². The molecule has 1 aromatic heterocycles. The van der Waals surface area contributed by atoms with Gasteiger partial charge in [-0.1, -0.05) is 0 Å². The predicted octanol–water partition coefficient (Wildman–Crippen LogP) is 0.0560. The van der Waals surface area contributed by atoms with Gasteiger partial charge in [-0.15, -0.1) is 0 Å². The molecule has 5 heteroatoms. The van der Waals surface area contributed by atoms with E-state index in [2.05, 4.69) is 4.98 Å². The number of aromatic nitrogens is 1. The Labute approximate surface area is 93.7 Å². The molecule has 0 unspecified atom stereocenters. The second kappa shape index (κ2) is 4.94. The highest BCUT2D eigenvalue weighted by Crippen LogP contribution is 2.06. The number of aliphatic hydroxyl groups is 1. The summed E-state index contributed by atoms with van der Waals surface area (Å²) in [5.74, 6) is -0.368. The van der Waals surface area contributed by atoms with E-state index in [1.165, 1.54) is 4.90 Å². The molecule has 2 N–H and O–H groups in total. The number of likely N-dealkylation sites (N-methyl/N-ethyl adjacent to an activating group) is 1. The molecule has 0 bridgehead atoms. The van der Waals surface area contributed by atoms with Gasteiger partial charge in [0.05, 0.1) is 6.61 Å². The van der Waals surface area contributed by atoms with Crippen molar-refractivity contribution in [2.45, 2.75) is 13.8 Å². The molecule has 1 heterocycles. The first-order valence-electron chi connectivity index (χ1n) is 5.04. The average molecular weight is 224 g/mol. The molecule has 0 radical (unpaired) electrons. The molecule has 0 fully saturated rings. The van der Waals surface area contributed by atoms with E-state index in [0.717, 1.165) is 5.69 Å². The van der Waals surface area contributed by atoms with Gasteiger partial charge in [0.2, 0.25) is 0 Å². The van der Waals surface area contributed by atoms with Crippen LogP contribution < -0.4 is 5.56 Å². The summed E-state index contributed by atoms with van der Waals surface area (Å²) in [6, 6.07) is 1.75. The molecule has 0 aromatic carbocycles. The number of amides is 1. The third-order valence-electron chi connectivity index (χ3n) is 2.36. The van der Waals surface area contributed by atoms with E-state index >= 15 is 0 Å². The Bertz CT molecular complexity index is 451. The SMILES string of the molecule is Cc1cc(C)c(C(=O)N(C)CCO)c(=O)[nH]1. The van der Waals surface area contributed by atoms with E-state index in [1.807, 2.05) is 0 Å². The maximum Gasteiger partial charge on any atom is 0.261 e. The fourth-order valence-corrected chi connectivity index (χ4v) is 1.56. The summed E-state index contributed by atoms with van der Waals surface area (Å²) in [5, 5.41) is 8.74. The zero-order valence-electron chi connectivity index (χ0n) is 9.70. The molecule has 1 rings (SSSR count). The number of pyridine rings is 1. The maximum absolute atomic E-state index is 11.9. The fraction of sp³-hybridized carbons (Fsp3) is 0.455. The van der Waals surface area contributed by atoms with Gasteiger partial charge in [0, 0.05) is 19.3 Å². The molecule has 0 saturated carbocycles. The van der Waals surface area contributed by atoms with Crippen LogP contribution in [-0.4, -0.2) is 41.1 Å². The number of hydrogen-bond donors (Lipinski definition) is 2. The van der Waals surface area contributed by atoms with Gasteiger partial charge in [0.25, 0.3) is 11.5 Å². The van der Waals surface area contributed by atoms with Gasteiger partial charge in [0.15, 0.2) is 0 Å². The number of nitrogens with zero attached hydrogens (tertiary/aromatic N) is 1. The number of aliphatic hydroxyl groups excluding tert-OH is 1. The summed E-state index contributed by atoms with van der Waals surface area (Å²) in [5.41, 5.74) is 1.13. The van der Waals surface area contributed by atoms with Gasteiger partial charge in [-0.3, -0.25) is 9.59 Å². The van der Waals surface area contributed by atoms with Crippen LogP contribution in [0.2, 0.25) is 0 Å². The maximum atomic E-state index is 11.9. The van der Waals surface area contributed by atoms with Crippen LogP contribution in [0.3, 0.4) is 0 Å². The van der Waals surface area contributed by atoms with Crippen LogP contribution in [0.25, 0.3) is 0 Å². The number of carbonyl (C=O) groups excluding carboxylic acids is 1. The minimum absolute atomic E-state index is 0.120. The van der Waals surface area contributed by atoms with Crippen molar-refractivity contribution in [3.8, 4) is 0 Å². The van der Waals surface area contributed by atoms with E-state index in [0.29, 0.717) is 5.56 Å².